The molecule has 4 rings (SSSR count). The molecule has 0 aliphatic rings. The van der Waals surface area contributed by atoms with Gasteiger partial charge in [0.15, 0.2) is 12.3 Å². The van der Waals surface area contributed by atoms with Crippen molar-refractivity contribution in [2.45, 2.75) is 5.03 Å². The summed E-state index contributed by atoms with van der Waals surface area (Å²) in [7, 11) is 3.29. The number of aryl methyl sites for hydroxylation is 1. The van der Waals surface area contributed by atoms with Gasteiger partial charge in [0.1, 0.15) is 16.8 Å². The van der Waals surface area contributed by atoms with Crippen LogP contribution in [0, 0.1) is 11.3 Å². The van der Waals surface area contributed by atoms with Gasteiger partial charge in [-0.2, -0.15) is 5.26 Å². The Hall–Kier alpha value is -4.16. The minimum Gasteiger partial charge on any atom is -0.497 e. The van der Waals surface area contributed by atoms with E-state index in [1.54, 1.807) is 20.4 Å². The molecule has 0 aliphatic carbocycles. The highest BCUT2D eigenvalue weighted by Crippen LogP contribution is 2.34. The molecular weight excluding hydrogens is 438 g/mol. The van der Waals surface area contributed by atoms with Gasteiger partial charge in [0.25, 0.3) is 6.20 Å². The fraction of sp³-hybridized carbons (Fsp3) is 0.125. The molecule has 0 saturated carbocycles. The predicted octanol–water partition coefficient (Wildman–Crippen LogP) is 3.84. The zero-order valence-corrected chi connectivity index (χ0v) is 18.8. The van der Waals surface area contributed by atoms with Gasteiger partial charge in [-0.15, -0.1) is 0 Å². The Labute approximate surface area is 194 Å². The van der Waals surface area contributed by atoms with Crippen LogP contribution in [0.15, 0.2) is 76.4 Å². The van der Waals surface area contributed by atoms with E-state index >= 15 is 0 Å². The van der Waals surface area contributed by atoms with Crippen LogP contribution in [0.2, 0.25) is 0 Å². The largest absolute Gasteiger partial charge is 0.497 e. The van der Waals surface area contributed by atoms with Crippen molar-refractivity contribution < 1.29 is 18.7 Å². The SMILES string of the molecule is COc1ccc(-c2cc(-c3ccccc3)nc(SCC(=O)Nc3c[n+](C)no3)c2C#N)cc1. The van der Waals surface area contributed by atoms with Crippen LogP contribution >= 0.6 is 11.8 Å². The number of carbonyl (C=O) groups is 1. The molecule has 0 unspecified atom stereocenters. The molecule has 0 saturated heterocycles. The van der Waals surface area contributed by atoms with Gasteiger partial charge >= 0.3 is 5.88 Å². The molecule has 8 nitrogen and oxygen atoms in total. The number of thioether (sulfide) groups is 1. The van der Waals surface area contributed by atoms with Crippen molar-refractivity contribution >= 4 is 23.6 Å². The van der Waals surface area contributed by atoms with Crippen LogP contribution in [0.4, 0.5) is 5.88 Å². The summed E-state index contributed by atoms with van der Waals surface area (Å²) in [5.74, 6) is 0.723. The van der Waals surface area contributed by atoms with E-state index < -0.39 is 0 Å². The van der Waals surface area contributed by atoms with Gasteiger partial charge in [0, 0.05) is 11.1 Å². The number of benzene rings is 2. The third-order valence-electron chi connectivity index (χ3n) is 4.74. The maximum absolute atomic E-state index is 12.4. The van der Waals surface area contributed by atoms with Gasteiger partial charge in [-0.3, -0.25) is 14.6 Å². The zero-order chi connectivity index (χ0) is 23.2. The van der Waals surface area contributed by atoms with Crippen molar-refractivity contribution in [2.24, 2.45) is 7.05 Å². The third-order valence-corrected chi connectivity index (χ3v) is 5.72. The molecule has 0 radical (unpaired) electrons. The van der Waals surface area contributed by atoms with Gasteiger partial charge in [0.2, 0.25) is 5.91 Å². The molecule has 0 aliphatic heterocycles. The standard InChI is InChI=1S/C24H19N5O3S/c1-29-14-23(32-28-29)27-22(30)15-33-24-20(13-25)19(16-8-10-18(31-2)11-9-16)12-21(26-24)17-6-4-3-5-7-17/h3-12,14H,15H2,1-2H3/p+1. The molecule has 1 N–H and O–H groups in total. The number of hydrogen-bond donors (Lipinski definition) is 1. The van der Waals surface area contributed by atoms with Crippen LogP contribution in [0.5, 0.6) is 5.75 Å². The Kier molecular flexibility index (Phi) is 6.66. The van der Waals surface area contributed by atoms with Crippen molar-refractivity contribution in [3.63, 3.8) is 0 Å². The quantitative estimate of drug-likeness (QED) is 0.331. The summed E-state index contributed by atoms with van der Waals surface area (Å²) in [5, 5.41) is 16.8. The van der Waals surface area contributed by atoms with Gasteiger partial charge in [0.05, 0.1) is 24.1 Å². The fourth-order valence-electron chi connectivity index (χ4n) is 3.18. The topological polar surface area (TPSA) is 105 Å². The predicted molar refractivity (Wildman–Crippen MR) is 123 cm³/mol. The van der Waals surface area contributed by atoms with Crippen molar-refractivity contribution in [2.75, 3.05) is 18.2 Å². The highest BCUT2D eigenvalue weighted by Gasteiger charge is 2.18. The average molecular weight is 459 g/mol. The maximum atomic E-state index is 12.4. The lowest BCUT2D eigenvalue weighted by atomic mass is 9.99. The number of hydrogen-bond acceptors (Lipinski definition) is 7. The summed E-state index contributed by atoms with van der Waals surface area (Å²) in [6.45, 7) is 0. The number of rotatable bonds is 7. The van der Waals surface area contributed by atoms with E-state index in [9.17, 15) is 10.1 Å². The average Bonchev–Trinajstić information content (AvgIpc) is 3.26. The first-order valence-corrected chi connectivity index (χ1v) is 11.0. The van der Waals surface area contributed by atoms with E-state index in [0.29, 0.717) is 16.3 Å². The number of ether oxygens (including phenoxy) is 1. The monoisotopic (exact) mass is 458 g/mol. The Morgan fingerprint density at radius 3 is 2.58 bits per heavy atom. The number of anilines is 1. The molecule has 33 heavy (non-hydrogen) atoms. The van der Waals surface area contributed by atoms with Crippen LogP contribution < -0.4 is 14.7 Å². The minimum absolute atomic E-state index is 0.0480. The molecule has 2 aromatic heterocycles. The summed E-state index contributed by atoms with van der Waals surface area (Å²) in [6.07, 6.45) is 1.55. The summed E-state index contributed by atoms with van der Waals surface area (Å²) < 4.78 is 11.7. The lowest BCUT2D eigenvalue weighted by Gasteiger charge is -2.13. The highest BCUT2D eigenvalue weighted by molar-refractivity contribution is 8.00. The van der Waals surface area contributed by atoms with Crippen molar-refractivity contribution in [3.05, 3.63) is 72.4 Å². The van der Waals surface area contributed by atoms with Crippen molar-refractivity contribution in [1.82, 2.24) is 10.3 Å². The van der Waals surface area contributed by atoms with Crippen molar-refractivity contribution in [3.8, 4) is 34.2 Å². The van der Waals surface area contributed by atoms with E-state index in [2.05, 4.69) is 16.7 Å². The van der Waals surface area contributed by atoms with E-state index in [4.69, 9.17) is 14.2 Å². The second-order valence-electron chi connectivity index (χ2n) is 7.02. The smallest absolute Gasteiger partial charge is 0.302 e. The lowest BCUT2D eigenvalue weighted by molar-refractivity contribution is -0.739. The van der Waals surface area contributed by atoms with Gasteiger partial charge in [-0.05, 0) is 23.8 Å². The molecular formula is C24H20N5O3S+. The molecule has 9 heteroatoms. The van der Waals surface area contributed by atoms with Crippen LogP contribution in [0.1, 0.15) is 5.56 Å². The number of methoxy groups -OCH3 is 1. The molecule has 2 heterocycles. The number of aromatic nitrogens is 3. The Morgan fingerprint density at radius 1 is 1.18 bits per heavy atom. The van der Waals surface area contributed by atoms with E-state index in [1.165, 1.54) is 16.4 Å². The molecule has 164 valence electrons. The molecule has 1 amide bonds. The summed E-state index contributed by atoms with van der Waals surface area (Å²) in [5.41, 5.74) is 3.62. The Balaban J connectivity index is 1.69. The number of carbonyl (C=O) groups excluding carboxylic acids is 1. The molecule has 0 spiro atoms. The molecule has 0 bridgehead atoms. The van der Waals surface area contributed by atoms with E-state index in [1.807, 2.05) is 60.7 Å². The first-order chi connectivity index (χ1) is 16.1. The van der Waals surface area contributed by atoms with Crippen LogP contribution in [0.3, 0.4) is 0 Å². The van der Waals surface area contributed by atoms with Gasteiger partial charge < -0.3 is 4.74 Å². The van der Waals surface area contributed by atoms with Crippen LogP contribution in [0.25, 0.3) is 22.4 Å². The number of nitrogens with zero attached hydrogens (tertiary/aromatic N) is 4. The summed E-state index contributed by atoms with van der Waals surface area (Å²) >= 11 is 1.19. The third kappa shape index (κ3) is 5.19. The minimum atomic E-state index is -0.293. The second-order valence-corrected chi connectivity index (χ2v) is 7.98. The Bertz CT molecular complexity index is 1310. The molecule has 0 atom stereocenters. The fourth-order valence-corrected chi connectivity index (χ4v) is 3.98. The summed E-state index contributed by atoms with van der Waals surface area (Å²) in [4.78, 5) is 17.1. The maximum Gasteiger partial charge on any atom is 0.302 e. The molecule has 4 aromatic rings. The lowest BCUT2D eigenvalue weighted by Crippen LogP contribution is -2.28. The second kappa shape index (κ2) is 9.97. The van der Waals surface area contributed by atoms with Gasteiger partial charge in [-0.1, -0.05) is 58.9 Å². The zero-order valence-electron chi connectivity index (χ0n) is 18.0. The number of pyridine rings is 1. The van der Waals surface area contributed by atoms with E-state index in [-0.39, 0.29) is 17.5 Å². The summed E-state index contributed by atoms with van der Waals surface area (Å²) in [6, 6.07) is 21.4. The first kappa shape index (κ1) is 22.0. The normalized spacial score (nSPS) is 10.5. The highest BCUT2D eigenvalue weighted by atomic mass is 32.2. The molecule has 0 fully saturated rings. The first-order valence-electron chi connectivity index (χ1n) is 9.97. The van der Waals surface area contributed by atoms with Crippen LogP contribution in [-0.4, -0.2) is 29.0 Å². The Morgan fingerprint density at radius 2 is 1.94 bits per heavy atom. The van der Waals surface area contributed by atoms with Crippen LogP contribution in [-0.2, 0) is 11.8 Å². The molecule has 2 aromatic carbocycles. The number of nitrogens with one attached hydrogen (secondary N) is 1. The van der Waals surface area contributed by atoms with E-state index in [0.717, 1.165) is 22.4 Å². The number of amides is 1. The number of nitriles is 1. The van der Waals surface area contributed by atoms with Crippen molar-refractivity contribution in [1.29, 1.82) is 5.26 Å². The van der Waals surface area contributed by atoms with Gasteiger partial charge in [-0.25, -0.2) is 4.98 Å².